The maximum absolute atomic E-state index is 10.7. The number of thiophene rings is 1. The van der Waals surface area contributed by atoms with E-state index in [0.717, 1.165) is 22.5 Å². The van der Waals surface area contributed by atoms with Crippen molar-refractivity contribution in [2.24, 2.45) is 0 Å². The van der Waals surface area contributed by atoms with Crippen molar-refractivity contribution in [1.82, 2.24) is 5.32 Å². The molecule has 0 radical (unpaired) electrons. The largest absolute Gasteiger partial charge is 0.354 e. The van der Waals surface area contributed by atoms with Crippen LogP contribution in [0.5, 0.6) is 0 Å². The van der Waals surface area contributed by atoms with Crippen molar-refractivity contribution in [2.75, 3.05) is 0 Å². The van der Waals surface area contributed by atoms with E-state index in [-0.39, 0.29) is 11.9 Å². The van der Waals surface area contributed by atoms with E-state index in [0.29, 0.717) is 0 Å². The van der Waals surface area contributed by atoms with E-state index in [1.165, 1.54) is 18.3 Å². The lowest BCUT2D eigenvalue weighted by Gasteiger charge is -2.10. The zero-order valence-corrected chi connectivity index (χ0v) is 9.06. The number of carbonyl (C=O) groups is 2. The number of hydrogen-bond acceptors (Lipinski definition) is 3. The lowest BCUT2D eigenvalue weighted by molar-refractivity contribution is -0.119. The highest BCUT2D eigenvalue weighted by atomic mass is 32.1. The van der Waals surface area contributed by atoms with Gasteiger partial charge in [0.15, 0.2) is 6.29 Å². The molecule has 1 aromatic heterocycles. The Morgan fingerprint density at radius 3 is 2.86 bits per heavy atom. The Kier molecular flexibility index (Phi) is 3.83. The molecular weight excluding hydrogens is 198 g/mol. The molecule has 0 spiro atoms. The molecule has 0 bridgehead atoms. The Bertz CT molecular complexity index is 333. The fourth-order valence-electron chi connectivity index (χ4n) is 1.27. The average molecular weight is 211 g/mol. The third-order valence-corrected chi connectivity index (χ3v) is 2.79. The van der Waals surface area contributed by atoms with E-state index in [9.17, 15) is 9.59 Å². The lowest BCUT2D eigenvalue weighted by atomic mass is 10.2. The standard InChI is InChI=1S/C10H13NO2S/c1-7(11-8(2)13)5-9-3-4-10(6-12)14-9/h3-4,6-7H,5H2,1-2H3,(H,11,13). The molecule has 0 saturated carbocycles. The number of carbonyl (C=O) groups excluding carboxylic acids is 2. The third kappa shape index (κ3) is 3.30. The van der Waals surface area contributed by atoms with Gasteiger partial charge in [-0.1, -0.05) is 0 Å². The summed E-state index contributed by atoms with van der Waals surface area (Å²) in [4.78, 5) is 23.0. The van der Waals surface area contributed by atoms with Crippen LogP contribution in [0.1, 0.15) is 28.4 Å². The van der Waals surface area contributed by atoms with Crippen molar-refractivity contribution in [3.63, 3.8) is 0 Å². The Labute approximate surface area is 87.1 Å². The Morgan fingerprint density at radius 1 is 1.64 bits per heavy atom. The first-order valence-corrected chi connectivity index (χ1v) is 5.24. The predicted molar refractivity (Wildman–Crippen MR) is 56.7 cm³/mol. The van der Waals surface area contributed by atoms with Crippen LogP contribution in [0.2, 0.25) is 0 Å². The van der Waals surface area contributed by atoms with Crippen LogP contribution < -0.4 is 5.32 Å². The molecular formula is C10H13NO2S. The van der Waals surface area contributed by atoms with Gasteiger partial charge in [-0.3, -0.25) is 9.59 Å². The number of hydrogen-bond donors (Lipinski definition) is 1. The molecule has 1 unspecified atom stereocenters. The second-order valence-corrected chi connectivity index (χ2v) is 4.43. The minimum absolute atomic E-state index is 0.0235. The average Bonchev–Trinajstić information content (AvgIpc) is 2.50. The van der Waals surface area contributed by atoms with Crippen LogP contribution >= 0.6 is 11.3 Å². The van der Waals surface area contributed by atoms with E-state index in [4.69, 9.17) is 0 Å². The van der Waals surface area contributed by atoms with Crippen LogP contribution in [-0.4, -0.2) is 18.2 Å². The van der Waals surface area contributed by atoms with E-state index in [2.05, 4.69) is 5.32 Å². The summed E-state index contributed by atoms with van der Waals surface area (Å²) < 4.78 is 0. The minimum Gasteiger partial charge on any atom is -0.354 e. The zero-order valence-electron chi connectivity index (χ0n) is 8.24. The van der Waals surface area contributed by atoms with E-state index < -0.39 is 0 Å². The molecule has 1 atom stereocenters. The van der Waals surface area contributed by atoms with Crippen LogP contribution in [0.25, 0.3) is 0 Å². The van der Waals surface area contributed by atoms with Gasteiger partial charge in [0.1, 0.15) is 0 Å². The summed E-state index contributed by atoms with van der Waals surface area (Å²) in [5.74, 6) is -0.0235. The minimum atomic E-state index is -0.0235. The van der Waals surface area contributed by atoms with Crippen molar-refractivity contribution < 1.29 is 9.59 Å². The summed E-state index contributed by atoms with van der Waals surface area (Å²) in [7, 11) is 0. The summed E-state index contributed by atoms with van der Waals surface area (Å²) in [5, 5.41) is 2.80. The Morgan fingerprint density at radius 2 is 2.36 bits per heavy atom. The van der Waals surface area contributed by atoms with Gasteiger partial charge in [0.05, 0.1) is 4.88 Å². The summed E-state index contributed by atoms with van der Waals surface area (Å²) in [6.45, 7) is 3.45. The molecule has 1 heterocycles. The molecule has 4 heteroatoms. The smallest absolute Gasteiger partial charge is 0.217 e. The van der Waals surface area contributed by atoms with Gasteiger partial charge >= 0.3 is 0 Å². The number of aldehydes is 1. The van der Waals surface area contributed by atoms with Crippen molar-refractivity contribution in [1.29, 1.82) is 0 Å². The van der Waals surface area contributed by atoms with Gasteiger partial charge in [-0.25, -0.2) is 0 Å². The summed E-state index contributed by atoms with van der Waals surface area (Å²) in [6.07, 6.45) is 1.62. The molecule has 3 nitrogen and oxygen atoms in total. The summed E-state index contributed by atoms with van der Waals surface area (Å²) in [6, 6.07) is 3.84. The van der Waals surface area contributed by atoms with Gasteiger partial charge in [0.2, 0.25) is 5.91 Å². The highest BCUT2D eigenvalue weighted by molar-refractivity contribution is 7.13. The van der Waals surface area contributed by atoms with Crippen LogP contribution in [0, 0.1) is 0 Å². The van der Waals surface area contributed by atoms with Crippen molar-refractivity contribution in [3.8, 4) is 0 Å². The van der Waals surface area contributed by atoms with Crippen LogP contribution in [0.4, 0.5) is 0 Å². The number of nitrogens with one attached hydrogen (secondary N) is 1. The molecule has 0 aliphatic rings. The molecule has 0 saturated heterocycles. The normalized spacial score (nSPS) is 12.1. The molecule has 0 aliphatic heterocycles. The van der Waals surface area contributed by atoms with Crippen molar-refractivity contribution in [3.05, 3.63) is 21.9 Å². The van der Waals surface area contributed by atoms with E-state index in [1.54, 1.807) is 6.07 Å². The van der Waals surface area contributed by atoms with Gasteiger partial charge < -0.3 is 5.32 Å². The second-order valence-electron chi connectivity index (χ2n) is 3.23. The maximum Gasteiger partial charge on any atom is 0.217 e. The lowest BCUT2D eigenvalue weighted by Crippen LogP contribution is -2.31. The fraction of sp³-hybridized carbons (Fsp3) is 0.400. The van der Waals surface area contributed by atoms with E-state index >= 15 is 0 Å². The van der Waals surface area contributed by atoms with Gasteiger partial charge in [-0.05, 0) is 19.1 Å². The van der Waals surface area contributed by atoms with Crippen molar-refractivity contribution >= 4 is 23.5 Å². The second kappa shape index (κ2) is 4.91. The maximum atomic E-state index is 10.7. The predicted octanol–water partition coefficient (Wildman–Crippen LogP) is 1.63. The molecule has 1 amide bonds. The van der Waals surface area contributed by atoms with Gasteiger partial charge in [0, 0.05) is 24.3 Å². The van der Waals surface area contributed by atoms with E-state index in [1.807, 2.05) is 13.0 Å². The van der Waals surface area contributed by atoms with Gasteiger partial charge in [-0.15, -0.1) is 11.3 Å². The molecule has 0 aromatic carbocycles. The quantitative estimate of drug-likeness (QED) is 0.769. The molecule has 1 rings (SSSR count). The van der Waals surface area contributed by atoms with Gasteiger partial charge in [0.25, 0.3) is 0 Å². The first-order chi connectivity index (χ1) is 6.61. The van der Waals surface area contributed by atoms with Crippen LogP contribution in [0.15, 0.2) is 12.1 Å². The van der Waals surface area contributed by atoms with Gasteiger partial charge in [-0.2, -0.15) is 0 Å². The molecule has 1 N–H and O–H groups in total. The summed E-state index contributed by atoms with van der Waals surface area (Å²) in [5.41, 5.74) is 0. The molecule has 0 aliphatic carbocycles. The topological polar surface area (TPSA) is 46.2 Å². The number of rotatable bonds is 4. The molecule has 14 heavy (non-hydrogen) atoms. The Balaban J connectivity index is 2.51. The first-order valence-electron chi connectivity index (χ1n) is 4.43. The summed E-state index contributed by atoms with van der Waals surface area (Å²) >= 11 is 1.47. The first kappa shape index (κ1) is 10.9. The monoisotopic (exact) mass is 211 g/mol. The fourth-order valence-corrected chi connectivity index (χ4v) is 2.22. The third-order valence-electron chi connectivity index (χ3n) is 1.76. The number of amides is 1. The Hall–Kier alpha value is -1.16. The van der Waals surface area contributed by atoms with Crippen LogP contribution in [-0.2, 0) is 11.2 Å². The highest BCUT2D eigenvalue weighted by Gasteiger charge is 2.06. The zero-order chi connectivity index (χ0) is 10.6. The highest BCUT2D eigenvalue weighted by Crippen LogP contribution is 2.16. The molecule has 1 aromatic rings. The molecule has 76 valence electrons. The SMILES string of the molecule is CC(=O)NC(C)Cc1ccc(C=O)s1. The van der Waals surface area contributed by atoms with Crippen LogP contribution in [0.3, 0.4) is 0 Å². The molecule has 0 fully saturated rings. The van der Waals surface area contributed by atoms with Crippen molar-refractivity contribution in [2.45, 2.75) is 26.3 Å².